The summed E-state index contributed by atoms with van der Waals surface area (Å²) in [5, 5.41) is 6.56. The third-order valence-corrected chi connectivity index (χ3v) is 4.84. The highest BCUT2D eigenvalue weighted by molar-refractivity contribution is 5.83. The van der Waals surface area contributed by atoms with Gasteiger partial charge < -0.3 is 10.3 Å². The fraction of sp³-hybridized carbons (Fsp3) is 0.182. The highest BCUT2D eigenvalue weighted by atomic mass is 16.1. The Labute approximate surface area is 151 Å². The van der Waals surface area contributed by atoms with Gasteiger partial charge in [-0.3, -0.25) is 4.79 Å². The number of hydrogen-bond donors (Lipinski definition) is 2. The summed E-state index contributed by atoms with van der Waals surface area (Å²) in [5.74, 6) is 0.657. The van der Waals surface area contributed by atoms with Crippen molar-refractivity contribution in [2.45, 2.75) is 26.4 Å². The Morgan fingerprint density at radius 1 is 1.04 bits per heavy atom. The minimum absolute atomic E-state index is 0.0890. The van der Waals surface area contributed by atoms with E-state index in [0.29, 0.717) is 17.8 Å². The Bertz CT molecular complexity index is 1150. The summed E-state index contributed by atoms with van der Waals surface area (Å²) < 4.78 is 0. The molecular weight excluding hydrogens is 322 g/mol. The van der Waals surface area contributed by atoms with Crippen LogP contribution in [-0.4, -0.2) is 9.97 Å². The average molecular weight is 343 g/mol. The molecule has 0 bridgehead atoms. The maximum absolute atomic E-state index is 12.3. The van der Waals surface area contributed by atoms with Gasteiger partial charge >= 0.3 is 0 Å². The molecule has 0 aliphatic heterocycles. The summed E-state index contributed by atoms with van der Waals surface area (Å²) in [6.45, 7) is 4.60. The molecule has 0 radical (unpaired) electrons. The van der Waals surface area contributed by atoms with Gasteiger partial charge in [0.25, 0.3) is 5.56 Å². The molecule has 0 saturated carbocycles. The molecule has 0 unspecified atom stereocenters. The number of para-hydroxylation sites is 1. The molecule has 1 aromatic heterocycles. The Morgan fingerprint density at radius 2 is 1.85 bits per heavy atom. The number of rotatable bonds is 4. The number of nitrogens with one attached hydrogen (secondary N) is 2. The molecule has 4 aromatic rings. The molecule has 0 aliphatic rings. The summed E-state index contributed by atoms with van der Waals surface area (Å²) in [7, 11) is 0. The van der Waals surface area contributed by atoms with E-state index in [0.717, 1.165) is 11.1 Å². The molecule has 0 amide bonds. The van der Waals surface area contributed by atoms with Crippen molar-refractivity contribution in [3.63, 3.8) is 0 Å². The summed E-state index contributed by atoms with van der Waals surface area (Å²) in [6.07, 6.45) is 0. The monoisotopic (exact) mass is 343 g/mol. The fourth-order valence-electron chi connectivity index (χ4n) is 3.28. The van der Waals surface area contributed by atoms with E-state index >= 15 is 0 Å². The lowest BCUT2D eigenvalue weighted by atomic mass is 10.0. The van der Waals surface area contributed by atoms with Crippen LogP contribution in [0.5, 0.6) is 0 Å². The van der Waals surface area contributed by atoms with Crippen molar-refractivity contribution >= 4 is 21.7 Å². The second-order valence-electron chi connectivity index (χ2n) is 6.69. The first-order valence-electron chi connectivity index (χ1n) is 8.82. The molecule has 4 nitrogen and oxygen atoms in total. The Hall–Kier alpha value is -2.98. The van der Waals surface area contributed by atoms with Crippen molar-refractivity contribution < 1.29 is 0 Å². The largest absolute Gasteiger partial charge is 0.309 e. The lowest BCUT2D eigenvalue weighted by Gasteiger charge is -2.15. The zero-order chi connectivity index (χ0) is 18.1. The van der Waals surface area contributed by atoms with Crippen molar-refractivity contribution in [1.82, 2.24) is 15.3 Å². The number of H-pyrrole nitrogens is 1. The molecule has 4 heteroatoms. The van der Waals surface area contributed by atoms with Crippen molar-refractivity contribution in [3.8, 4) is 0 Å². The third kappa shape index (κ3) is 3.11. The summed E-state index contributed by atoms with van der Waals surface area (Å²) in [4.78, 5) is 19.8. The fourth-order valence-corrected chi connectivity index (χ4v) is 3.28. The smallest absolute Gasteiger partial charge is 0.258 e. The van der Waals surface area contributed by atoms with Gasteiger partial charge in [-0.05, 0) is 47.9 Å². The molecular formula is C22H21N3O. The SMILES string of the molecule is Cc1cccc2c(=O)[nH]c(CN[C@@H](C)c3ccc4ccccc4c3)nc12. The summed E-state index contributed by atoms with van der Waals surface area (Å²) >= 11 is 0. The van der Waals surface area contributed by atoms with E-state index in [1.54, 1.807) is 0 Å². The molecule has 2 N–H and O–H groups in total. The van der Waals surface area contributed by atoms with Gasteiger partial charge in [-0.15, -0.1) is 0 Å². The maximum Gasteiger partial charge on any atom is 0.258 e. The lowest BCUT2D eigenvalue weighted by Crippen LogP contribution is -2.22. The van der Waals surface area contributed by atoms with E-state index in [9.17, 15) is 4.79 Å². The van der Waals surface area contributed by atoms with Crippen LogP contribution in [-0.2, 0) is 6.54 Å². The van der Waals surface area contributed by atoms with Gasteiger partial charge in [0.05, 0.1) is 17.4 Å². The zero-order valence-corrected chi connectivity index (χ0v) is 14.9. The van der Waals surface area contributed by atoms with Gasteiger partial charge in [0, 0.05) is 6.04 Å². The first-order valence-corrected chi connectivity index (χ1v) is 8.82. The zero-order valence-electron chi connectivity index (χ0n) is 14.9. The molecule has 130 valence electrons. The van der Waals surface area contributed by atoms with Crippen LogP contribution in [0.2, 0.25) is 0 Å². The van der Waals surface area contributed by atoms with Crippen LogP contribution in [0.3, 0.4) is 0 Å². The van der Waals surface area contributed by atoms with E-state index < -0.39 is 0 Å². The van der Waals surface area contributed by atoms with E-state index in [2.05, 4.69) is 58.6 Å². The van der Waals surface area contributed by atoms with Crippen LogP contribution < -0.4 is 10.9 Å². The predicted octanol–water partition coefficient (Wildman–Crippen LogP) is 4.24. The van der Waals surface area contributed by atoms with Crippen LogP contribution in [0, 0.1) is 6.92 Å². The predicted molar refractivity (Wildman–Crippen MR) is 106 cm³/mol. The molecule has 3 aromatic carbocycles. The molecule has 1 atom stereocenters. The second kappa shape index (κ2) is 6.73. The lowest BCUT2D eigenvalue weighted by molar-refractivity contribution is 0.560. The first-order chi connectivity index (χ1) is 12.6. The van der Waals surface area contributed by atoms with Crippen molar-refractivity contribution in [3.05, 3.63) is 88.0 Å². The van der Waals surface area contributed by atoms with E-state index in [4.69, 9.17) is 0 Å². The van der Waals surface area contributed by atoms with E-state index in [1.165, 1.54) is 16.3 Å². The van der Waals surface area contributed by atoms with Crippen LogP contribution in [0.1, 0.15) is 29.9 Å². The Kier molecular flexibility index (Phi) is 4.27. The summed E-state index contributed by atoms with van der Waals surface area (Å²) in [5.41, 5.74) is 2.90. The van der Waals surface area contributed by atoms with Crippen molar-refractivity contribution in [2.75, 3.05) is 0 Å². The van der Waals surface area contributed by atoms with Crippen LogP contribution in [0.25, 0.3) is 21.7 Å². The minimum atomic E-state index is -0.0890. The number of hydrogen-bond acceptors (Lipinski definition) is 3. The highest BCUT2D eigenvalue weighted by Crippen LogP contribution is 2.20. The standard InChI is InChI=1S/C22H21N3O/c1-14-6-5-9-19-21(14)24-20(25-22(19)26)13-23-15(2)17-11-10-16-7-3-4-8-18(16)12-17/h3-12,15,23H,13H2,1-2H3,(H,24,25,26)/t15-/m0/s1. The van der Waals surface area contributed by atoms with Gasteiger partial charge in [0.1, 0.15) is 5.82 Å². The Morgan fingerprint density at radius 3 is 2.69 bits per heavy atom. The maximum atomic E-state index is 12.3. The quantitative estimate of drug-likeness (QED) is 0.583. The van der Waals surface area contributed by atoms with Crippen LogP contribution >= 0.6 is 0 Å². The number of aromatic nitrogens is 2. The van der Waals surface area contributed by atoms with Crippen LogP contribution in [0.15, 0.2) is 65.5 Å². The second-order valence-corrected chi connectivity index (χ2v) is 6.69. The topological polar surface area (TPSA) is 57.8 Å². The molecule has 26 heavy (non-hydrogen) atoms. The molecule has 4 rings (SSSR count). The van der Waals surface area contributed by atoms with Crippen LogP contribution in [0.4, 0.5) is 0 Å². The number of benzene rings is 3. The van der Waals surface area contributed by atoms with Crippen molar-refractivity contribution in [2.24, 2.45) is 0 Å². The number of aromatic amines is 1. The van der Waals surface area contributed by atoms with Gasteiger partial charge in [0.2, 0.25) is 0 Å². The number of fused-ring (bicyclic) bond motifs is 2. The Balaban J connectivity index is 1.57. The minimum Gasteiger partial charge on any atom is -0.309 e. The van der Waals surface area contributed by atoms with E-state index in [1.807, 2.05) is 31.2 Å². The molecule has 0 spiro atoms. The number of nitrogens with zero attached hydrogens (tertiary/aromatic N) is 1. The first kappa shape index (κ1) is 16.5. The average Bonchev–Trinajstić information content (AvgIpc) is 2.66. The third-order valence-electron chi connectivity index (χ3n) is 4.84. The van der Waals surface area contributed by atoms with Gasteiger partial charge in [0.15, 0.2) is 0 Å². The van der Waals surface area contributed by atoms with Gasteiger partial charge in [-0.25, -0.2) is 4.98 Å². The van der Waals surface area contributed by atoms with Gasteiger partial charge in [-0.2, -0.15) is 0 Å². The van der Waals surface area contributed by atoms with Gasteiger partial charge in [-0.1, -0.05) is 48.5 Å². The van der Waals surface area contributed by atoms with E-state index in [-0.39, 0.29) is 11.6 Å². The normalized spacial score (nSPS) is 12.5. The molecule has 0 fully saturated rings. The highest BCUT2D eigenvalue weighted by Gasteiger charge is 2.09. The molecule has 0 saturated heterocycles. The molecule has 1 heterocycles. The number of aryl methyl sites for hydroxylation is 1. The summed E-state index contributed by atoms with van der Waals surface area (Å²) in [6, 6.07) is 20.6. The molecule has 0 aliphatic carbocycles. The van der Waals surface area contributed by atoms with Crippen molar-refractivity contribution in [1.29, 1.82) is 0 Å².